The number of anilines is 1. The molecule has 2 heterocycles. The standard InChI is InChI=1S/C19H14N4O2S/c1-12-6-11-17(23-22-12)25-14-9-7-13(8-10-14)18(24)21-19-20-15-4-2-3-5-16(15)26-19/h2-11H,1H3,(H,20,21,24). The molecule has 4 rings (SSSR count). The molecule has 2 aromatic carbocycles. The average molecular weight is 362 g/mol. The first-order chi connectivity index (χ1) is 12.7. The molecule has 128 valence electrons. The van der Waals surface area contributed by atoms with E-state index in [9.17, 15) is 4.79 Å². The smallest absolute Gasteiger partial charge is 0.257 e. The first-order valence-corrected chi connectivity index (χ1v) is 8.74. The number of fused-ring (bicyclic) bond motifs is 1. The van der Waals surface area contributed by atoms with E-state index in [0.717, 1.165) is 15.9 Å². The maximum Gasteiger partial charge on any atom is 0.257 e. The summed E-state index contributed by atoms with van der Waals surface area (Å²) >= 11 is 1.44. The number of rotatable bonds is 4. The molecule has 26 heavy (non-hydrogen) atoms. The highest BCUT2D eigenvalue weighted by atomic mass is 32.1. The van der Waals surface area contributed by atoms with Gasteiger partial charge in [-0.3, -0.25) is 10.1 Å². The van der Waals surface area contributed by atoms with Crippen molar-refractivity contribution in [3.63, 3.8) is 0 Å². The first-order valence-electron chi connectivity index (χ1n) is 7.92. The van der Waals surface area contributed by atoms with Crippen molar-refractivity contribution >= 4 is 32.6 Å². The van der Waals surface area contributed by atoms with E-state index < -0.39 is 0 Å². The van der Waals surface area contributed by atoms with Crippen LogP contribution in [0, 0.1) is 6.92 Å². The lowest BCUT2D eigenvalue weighted by Gasteiger charge is -2.05. The normalized spacial score (nSPS) is 10.7. The second kappa shape index (κ2) is 6.89. The first kappa shape index (κ1) is 16.2. The molecular formula is C19H14N4O2S. The molecule has 0 bridgehead atoms. The van der Waals surface area contributed by atoms with Crippen LogP contribution in [-0.2, 0) is 0 Å². The Kier molecular flexibility index (Phi) is 4.28. The number of nitrogens with zero attached hydrogens (tertiary/aromatic N) is 3. The van der Waals surface area contributed by atoms with Gasteiger partial charge in [-0.15, -0.1) is 5.10 Å². The van der Waals surface area contributed by atoms with Gasteiger partial charge in [0.05, 0.1) is 15.9 Å². The molecule has 6 nitrogen and oxygen atoms in total. The highest BCUT2D eigenvalue weighted by Gasteiger charge is 2.10. The van der Waals surface area contributed by atoms with Crippen LogP contribution in [0.5, 0.6) is 11.6 Å². The minimum absolute atomic E-state index is 0.217. The number of hydrogen-bond donors (Lipinski definition) is 1. The molecule has 0 aliphatic heterocycles. The van der Waals surface area contributed by atoms with Crippen molar-refractivity contribution in [3.05, 3.63) is 71.9 Å². The van der Waals surface area contributed by atoms with Gasteiger partial charge in [0.1, 0.15) is 5.75 Å². The Morgan fingerprint density at radius 2 is 1.81 bits per heavy atom. The molecule has 0 atom stereocenters. The molecule has 0 radical (unpaired) electrons. The third-order valence-electron chi connectivity index (χ3n) is 3.63. The van der Waals surface area contributed by atoms with Crippen molar-refractivity contribution in [1.82, 2.24) is 15.2 Å². The molecule has 0 fully saturated rings. The lowest BCUT2D eigenvalue weighted by Crippen LogP contribution is -2.11. The predicted octanol–water partition coefficient (Wildman–Crippen LogP) is 4.44. The third-order valence-corrected chi connectivity index (χ3v) is 4.58. The maximum absolute atomic E-state index is 12.4. The third kappa shape index (κ3) is 3.52. The molecule has 1 amide bonds. The van der Waals surface area contributed by atoms with Crippen LogP contribution in [0.1, 0.15) is 16.1 Å². The second-order valence-electron chi connectivity index (χ2n) is 5.58. The Morgan fingerprint density at radius 1 is 1.00 bits per heavy atom. The predicted molar refractivity (Wildman–Crippen MR) is 101 cm³/mol. The Balaban J connectivity index is 1.45. The Bertz CT molecular complexity index is 1030. The number of nitrogens with one attached hydrogen (secondary N) is 1. The van der Waals surface area contributed by atoms with Crippen molar-refractivity contribution in [2.75, 3.05) is 5.32 Å². The fourth-order valence-corrected chi connectivity index (χ4v) is 3.19. The zero-order valence-corrected chi connectivity index (χ0v) is 14.7. The topological polar surface area (TPSA) is 77.0 Å². The van der Waals surface area contributed by atoms with Crippen LogP contribution in [0.4, 0.5) is 5.13 Å². The molecule has 0 unspecified atom stereocenters. The van der Waals surface area contributed by atoms with Crippen molar-refractivity contribution < 1.29 is 9.53 Å². The van der Waals surface area contributed by atoms with Gasteiger partial charge in [-0.2, -0.15) is 5.10 Å². The van der Waals surface area contributed by atoms with Gasteiger partial charge in [0.2, 0.25) is 5.88 Å². The van der Waals surface area contributed by atoms with Gasteiger partial charge < -0.3 is 4.74 Å². The van der Waals surface area contributed by atoms with Gasteiger partial charge in [-0.1, -0.05) is 23.5 Å². The SMILES string of the molecule is Cc1ccc(Oc2ccc(C(=O)Nc3nc4ccccc4s3)cc2)nn1. The van der Waals surface area contributed by atoms with E-state index in [-0.39, 0.29) is 5.91 Å². The summed E-state index contributed by atoms with van der Waals surface area (Å²) in [6.45, 7) is 1.86. The number of aromatic nitrogens is 3. The summed E-state index contributed by atoms with van der Waals surface area (Å²) in [5.74, 6) is 0.771. The molecule has 0 spiro atoms. The van der Waals surface area contributed by atoms with E-state index in [0.29, 0.717) is 22.3 Å². The van der Waals surface area contributed by atoms with Crippen LogP contribution in [0.15, 0.2) is 60.7 Å². The van der Waals surface area contributed by atoms with Crippen molar-refractivity contribution in [3.8, 4) is 11.6 Å². The Labute approximate surface area is 153 Å². The van der Waals surface area contributed by atoms with Gasteiger partial charge in [-0.05, 0) is 49.4 Å². The summed E-state index contributed by atoms with van der Waals surface area (Å²) in [5.41, 5.74) is 2.21. The maximum atomic E-state index is 12.4. The highest BCUT2D eigenvalue weighted by Crippen LogP contribution is 2.26. The lowest BCUT2D eigenvalue weighted by atomic mass is 10.2. The largest absolute Gasteiger partial charge is 0.438 e. The fraction of sp³-hybridized carbons (Fsp3) is 0.0526. The van der Waals surface area contributed by atoms with Gasteiger partial charge >= 0.3 is 0 Å². The second-order valence-corrected chi connectivity index (χ2v) is 6.61. The number of benzene rings is 2. The van der Waals surface area contributed by atoms with E-state index in [1.54, 1.807) is 30.3 Å². The summed E-state index contributed by atoms with van der Waals surface area (Å²) in [6, 6.07) is 18.2. The molecule has 7 heteroatoms. The molecule has 1 N–H and O–H groups in total. The number of aryl methyl sites for hydroxylation is 1. The number of ether oxygens (including phenoxy) is 1. The minimum Gasteiger partial charge on any atom is -0.438 e. The number of para-hydroxylation sites is 1. The van der Waals surface area contributed by atoms with Crippen LogP contribution >= 0.6 is 11.3 Å². The van der Waals surface area contributed by atoms with Gasteiger partial charge in [0.15, 0.2) is 5.13 Å². The van der Waals surface area contributed by atoms with Crippen LogP contribution < -0.4 is 10.1 Å². The van der Waals surface area contributed by atoms with Crippen molar-refractivity contribution in [2.45, 2.75) is 6.92 Å². The van der Waals surface area contributed by atoms with Gasteiger partial charge in [0, 0.05) is 11.6 Å². The molecule has 2 aromatic heterocycles. The molecule has 4 aromatic rings. The molecule has 0 saturated heterocycles. The summed E-state index contributed by atoms with van der Waals surface area (Å²) in [6.07, 6.45) is 0. The molecule has 0 aliphatic rings. The van der Waals surface area contributed by atoms with E-state index in [2.05, 4.69) is 20.5 Å². The number of thiazole rings is 1. The number of hydrogen-bond acceptors (Lipinski definition) is 6. The van der Waals surface area contributed by atoms with E-state index in [1.165, 1.54) is 11.3 Å². The van der Waals surface area contributed by atoms with Crippen LogP contribution in [0.2, 0.25) is 0 Å². The van der Waals surface area contributed by atoms with E-state index in [1.807, 2.05) is 37.3 Å². The highest BCUT2D eigenvalue weighted by molar-refractivity contribution is 7.22. The van der Waals surface area contributed by atoms with Crippen molar-refractivity contribution in [1.29, 1.82) is 0 Å². The van der Waals surface area contributed by atoms with E-state index in [4.69, 9.17) is 4.74 Å². The number of carbonyl (C=O) groups excluding carboxylic acids is 1. The molecule has 0 aliphatic carbocycles. The summed E-state index contributed by atoms with van der Waals surface area (Å²) < 4.78 is 6.64. The summed E-state index contributed by atoms with van der Waals surface area (Å²) in [4.78, 5) is 16.8. The van der Waals surface area contributed by atoms with Crippen LogP contribution in [0.3, 0.4) is 0 Å². The van der Waals surface area contributed by atoms with E-state index >= 15 is 0 Å². The van der Waals surface area contributed by atoms with Crippen LogP contribution in [0.25, 0.3) is 10.2 Å². The van der Waals surface area contributed by atoms with Gasteiger partial charge in [0.25, 0.3) is 5.91 Å². The monoisotopic (exact) mass is 362 g/mol. The lowest BCUT2D eigenvalue weighted by molar-refractivity contribution is 0.102. The zero-order valence-electron chi connectivity index (χ0n) is 13.8. The number of carbonyl (C=O) groups is 1. The average Bonchev–Trinajstić information content (AvgIpc) is 3.06. The fourth-order valence-electron chi connectivity index (χ4n) is 2.33. The Hall–Kier alpha value is -3.32. The minimum atomic E-state index is -0.217. The summed E-state index contributed by atoms with van der Waals surface area (Å²) in [5, 5.41) is 11.3. The Morgan fingerprint density at radius 3 is 2.54 bits per heavy atom. The van der Waals surface area contributed by atoms with Gasteiger partial charge in [-0.25, -0.2) is 4.98 Å². The zero-order chi connectivity index (χ0) is 17.9. The van der Waals surface area contributed by atoms with Crippen molar-refractivity contribution in [2.24, 2.45) is 0 Å². The molecule has 0 saturated carbocycles. The quantitative estimate of drug-likeness (QED) is 0.581. The number of amides is 1. The summed E-state index contributed by atoms with van der Waals surface area (Å²) in [7, 11) is 0. The van der Waals surface area contributed by atoms with Crippen LogP contribution in [-0.4, -0.2) is 21.1 Å². The molecular weight excluding hydrogens is 348 g/mol.